The Kier molecular flexibility index (Phi) is 5.34. The second kappa shape index (κ2) is 7.93. The minimum Gasteiger partial charge on any atom is -0.338 e. The Morgan fingerprint density at radius 1 is 1.03 bits per heavy atom. The number of hydrogen-bond donors (Lipinski definition) is 0. The second-order valence-corrected chi connectivity index (χ2v) is 7.87. The lowest BCUT2D eigenvalue weighted by Gasteiger charge is -2.37. The summed E-state index contributed by atoms with van der Waals surface area (Å²) >= 11 is 0. The first-order chi connectivity index (χ1) is 14.0. The van der Waals surface area contributed by atoms with Gasteiger partial charge >= 0.3 is 0 Å². The molecule has 2 aliphatic heterocycles. The zero-order valence-corrected chi connectivity index (χ0v) is 16.8. The molecule has 2 fully saturated rings. The summed E-state index contributed by atoms with van der Waals surface area (Å²) < 4.78 is 15.6. The Morgan fingerprint density at radius 2 is 1.79 bits per heavy atom. The van der Waals surface area contributed by atoms with Gasteiger partial charge in [0.25, 0.3) is 5.91 Å². The van der Waals surface area contributed by atoms with Gasteiger partial charge in [0.1, 0.15) is 11.5 Å². The van der Waals surface area contributed by atoms with Crippen molar-refractivity contribution in [1.29, 1.82) is 0 Å². The van der Waals surface area contributed by atoms with Gasteiger partial charge in [0, 0.05) is 20.0 Å². The van der Waals surface area contributed by atoms with Gasteiger partial charge < -0.3 is 9.80 Å². The lowest BCUT2D eigenvalue weighted by atomic mass is 9.96. The molecule has 2 saturated heterocycles. The van der Waals surface area contributed by atoms with Crippen LogP contribution in [0.3, 0.4) is 0 Å². The van der Waals surface area contributed by atoms with Crippen LogP contribution in [-0.4, -0.2) is 61.8 Å². The fraction of sp³-hybridized carbons (Fsp3) is 0.524. The molecule has 0 spiro atoms. The molecular formula is C21H26FN5O2. The molecule has 2 amide bonds. The van der Waals surface area contributed by atoms with E-state index < -0.39 is 5.82 Å². The number of rotatable bonds is 2. The van der Waals surface area contributed by atoms with Crippen LogP contribution in [0.2, 0.25) is 0 Å². The molecule has 0 saturated carbocycles. The fourth-order valence-corrected chi connectivity index (χ4v) is 4.69. The summed E-state index contributed by atoms with van der Waals surface area (Å²) in [5.41, 5.74) is 1.03. The first-order valence-corrected chi connectivity index (χ1v) is 10.2. The van der Waals surface area contributed by atoms with E-state index in [0.29, 0.717) is 18.8 Å². The van der Waals surface area contributed by atoms with Gasteiger partial charge in [0.05, 0.1) is 17.8 Å². The molecule has 1 aromatic heterocycles. The average molecular weight is 399 g/mol. The van der Waals surface area contributed by atoms with Crippen molar-refractivity contribution < 1.29 is 14.0 Å². The first-order valence-electron chi connectivity index (χ1n) is 10.2. The van der Waals surface area contributed by atoms with Crippen molar-refractivity contribution in [3.05, 3.63) is 41.5 Å². The molecule has 4 rings (SSSR count). The monoisotopic (exact) mass is 399 g/mol. The molecule has 0 unspecified atom stereocenters. The maximum Gasteiger partial charge on any atom is 0.276 e. The molecule has 7 nitrogen and oxygen atoms in total. The highest BCUT2D eigenvalue weighted by Gasteiger charge is 2.42. The molecular weight excluding hydrogens is 373 g/mol. The minimum atomic E-state index is -0.418. The number of benzene rings is 1. The molecule has 2 aromatic rings. The van der Waals surface area contributed by atoms with Crippen LogP contribution in [0.5, 0.6) is 0 Å². The molecule has 29 heavy (non-hydrogen) atoms. The highest BCUT2D eigenvalue weighted by molar-refractivity contribution is 5.93. The summed E-state index contributed by atoms with van der Waals surface area (Å²) in [4.78, 5) is 29.3. The summed E-state index contributed by atoms with van der Waals surface area (Å²) in [6, 6.07) is 6.34. The third-order valence-electron chi connectivity index (χ3n) is 6.15. The Bertz CT molecular complexity index is 928. The van der Waals surface area contributed by atoms with Gasteiger partial charge in [-0.3, -0.25) is 9.59 Å². The molecule has 0 aliphatic carbocycles. The van der Waals surface area contributed by atoms with E-state index in [0.717, 1.165) is 32.1 Å². The van der Waals surface area contributed by atoms with E-state index in [-0.39, 0.29) is 35.3 Å². The Balaban J connectivity index is 1.65. The van der Waals surface area contributed by atoms with Crippen LogP contribution >= 0.6 is 0 Å². The van der Waals surface area contributed by atoms with E-state index in [1.807, 2.05) is 9.80 Å². The molecule has 0 bridgehead atoms. The molecule has 0 radical (unpaired) electrons. The molecule has 1 aromatic carbocycles. The number of nitrogens with zero attached hydrogens (tertiary/aromatic N) is 5. The van der Waals surface area contributed by atoms with E-state index in [4.69, 9.17) is 0 Å². The number of para-hydroxylation sites is 1. The topological polar surface area (TPSA) is 71.3 Å². The van der Waals surface area contributed by atoms with E-state index in [9.17, 15) is 14.0 Å². The van der Waals surface area contributed by atoms with E-state index in [1.54, 1.807) is 32.0 Å². The molecule has 3 heterocycles. The summed E-state index contributed by atoms with van der Waals surface area (Å²) in [5, 5.41) is 8.15. The molecule has 2 aliphatic rings. The fourth-order valence-electron chi connectivity index (χ4n) is 4.69. The van der Waals surface area contributed by atoms with E-state index >= 15 is 0 Å². The quantitative estimate of drug-likeness (QED) is 0.779. The number of hydrogen-bond acceptors (Lipinski definition) is 4. The molecule has 154 valence electrons. The van der Waals surface area contributed by atoms with Crippen LogP contribution in [0, 0.1) is 12.7 Å². The van der Waals surface area contributed by atoms with Crippen LogP contribution in [0.25, 0.3) is 5.69 Å². The number of likely N-dealkylation sites (tertiary alicyclic amines) is 2. The Morgan fingerprint density at radius 3 is 2.55 bits per heavy atom. The van der Waals surface area contributed by atoms with Crippen molar-refractivity contribution in [2.75, 3.05) is 13.1 Å². The van der Waals surface area contributed by atoms with Crippen LogP contribution in [0.15, 0.2) is 24.3 Å². The summed E-state index contributed by atoms with van der Waals surface area (Å²) in [7, 11) is 0. The average Bonchev–Trinajstić information content (AvgIpc) is 3.25. The van der Waals surface area contributed by atoms with Gasteiger partial charge in [0.2, 0.25) is 5.91 Å². The predicted octanol–water partition coefficient (Wildman–Crippen LogP) is 2.72. The lowest BCUT2D eigenvalue weighted by Crippen LogP contribution is -2.50. The largest absolute Gasteiger partial charge is 0.338 e. The maximum absolute atomic E-state index is 14.2. The number of carbonyl (C=O) groups excluding carboxylic acids is 2. The molecule has 0 N–H and O–H groups in total. The zero-order valence-electron chi connectivity index (χ0n) is 16.8. The van der Waals surface area contributed by atoms with Crippen LogP contribution in [0.4, 0.5) is 4.39 Å². The van der Waals surface area contributed by atoms with Gasteiger partial charge in [-0.25, -0.2) is 9.07 Å². The first kappa shape index (κ1) is 19.5. The van der Waals surface area contributed by atoms with Crippen molar-refractivity contribution in [3.8, 4) is 5.69 Å². The number of halogens is 1. The van der Waals surface area contributed by atoms with Gasteiger partial charge in [-0.15, -0.1) is 5.10 Å². The maximum atomic E-state index is 14.2. The summed E-state index contributed by atoms with van der Waals surface area (Å²) in [6.07, 6.45) is 4.70. The Hall–Kier alpha value is -2.77. The van der Waals surface area contributed by atoms with Crippen LogP contribution in [0.1, 0.15) is 55.2 Å². The number of aromatic nitrogens is 3. The van der Waals surface area contributed by atoms with Crippen LogP contribution in [-0.2, 0) is 4.79 Å². The van der Waals surface area contributed by atoms with Gasteiger partial charge in [-0.2, -0.15) is 0 Å². The summed E-state index contributed by atoms with van der Waals surface area (Å²) in [6.45, 7) is 4.64. The molecule has 2 atom stereocenters. The van der Waals surface area contributed by atoms with Crippen molar-refractivity contribution in [2.24, 2.45) is 0 Å². The van der Waals surface area contributed by atoms with Gasteiger partial charge in [-0.1, -0.05) is 30.2 Å². The van der Waals surface area contributed by atoms with Crippen molar-refractivity contribution in [1.82, 2.24) is 24.8 Å². The van der Waals surface area contributed by atoms with E-state index in [1.165, 1.54) is 10.7 Å². The third kappa shape index (κ3) is 3.52. The standard InChI is InChI=1S/C21H26FN5O2/c1-14-20(23-24-27(14)17-9-6-5-8-16(17)22)21(29)26-12-7-3-4-10-18-19(26)11-13-25(18)15(2)28/h5-6,8-9,18-19H,3-4,7,10-13H2,1-2H3/t18-,19+/m1/s1. The number of carbonyl (C=O) groups is 2. The Labute approximate surface area is 169 Å². The summed E-state index contributed by atoms with van der Waals surface area (Å²) in [5.74, 6) is -0.543. The smallest absolute Gasteiger partial charge is 0.276 e. The number of amides is 2. The van der Waals surface area contributed by atoms with Crippen molar-refractivity contribution >= 4 is 11.8 Å². The van der Waals surface area contributed by atoms with Crippen molar-refractivity contribution in [3.63, 3.8) is 0 Å². The highest BCUT2D eigenvalue weighted by atomic mass is 19.1. The zero-order chi connectivity index (χ0) is 20.5. The second-order valence-electron chi connectivity index (χ2n) is 7.87. The highest BCUT2D eigenvalue weighted by Crippen LogP contribution is 2.31. The van der Waals surface area contributed by atoms with Crippen LogP contribution < -0.4 is 0 Å². The lowest BCUT2D eigenvalue weighted by molar-refractivity contribution is -0.130. The van der Waals surface area contributed by atoms with E-state index in [2.05, 4.69) is 10.3 Å². The minimum absolute atomic E-state index is 0.00953. The normalized spacial score (nSPS) is 22.2. The third-order valence-corrected chi connectivity index (χ3v) is 6.15. The number of fused-ring (bicyclic) bond motifs is 1. The van der Waals surface area contributed by atoms with Gasteiger partial charge in [-0.05, 0) is 38.3 Å². The van der Waals surface area contributed by atoms with Crippen molar-refractivity contribution in [2.45, 2.75) is 58.0 Å². The van der Waals surface area contributed by atoms with Gasteiger partial charge in [0.15, 0.2) is 5.69 Å². The SMILES string of the molecule is CC(=O)N1CC[C@H]2[C@H]1CCCCCN2C(=O)c1nnn(-c2ccccc2F)c1C. The predicted molar refractivity (Wildman–Crippen MR) is 105 cm³/mol. The molecule has 8 heteroatoms.